The molecule has 0 atom stereocenters. The molecule has 1 rings (SSSR count). The predicted molar refractivity (Wildman–Crippen MR) is 52.4 cm³/mol. The fourth-order valence-corrected chi connectivity index (χ4v) is 1.60. The van der Waals surface area contributed by atoms with Crippen molar-refractivity contribution in [1.82, 2.24) is 9.80 Å². The van der Waals surface area contributed by atoms with Gasteiger partial charge >= 0.3 is 0 Å². The molecule has 13 heavy (non-hydrogen) atoms. The van der Waals surface area contributed by atoms with Crippen LogP contribution in [0.1, 0.15) is 13.3 Å². The monoisotopic (exact) mass is 185 g/mol. The van der Waals surface area contributed by atoms with Crippen molar-refractivity contribution in [3.05, 3.63) is 0 Å². The smallest absolute Gasteiger partial charge is 0.218 e. The van der Waals surface area contributed by atoms with Gasteiger partial charge in [0, 0.05) is 39.1 Å². The second-order valence-electron chi connectivity index (χ2n) is 3.49. The first-order chi connectivity index (χ1) is 6.22. The lowest BCUT2D eigenvalue weighted by Gasteiger charge is -2.33. The number of carbonyl (C=O) groups excluding carboxylic acids is 1. The van der Waals surface area contributed by atoms with E-state index in [1.54, 1.807) is 0 Å². The van der Waals surface area contributed by atoms with Gasteiger partial charge in [0.2, 0.25) is 5.91 Å². The largest absolute Gasteiger partial charge is 0.370 e. The number of carbonyl (C=O) groups is 1. The molecule has 1 fully saturated rings. The van der Waals surface area contributed by atoms with Gasteiger partial charge in [-0.1, -0.05) is 6.92 Å². The third-order valence-electron chi connectivity index (χ3n) is 2.59. The molecule has 1 amide bonds. The average Bonchev–Trinajstić information content (AvgIpc) is 2.15. The lowest BCUT2D eigenvalue weighted by molar-refractivity contribution is -0.118. The van der Waals surface area contributed by atoms with Crippen molar-refractivity contribution in [3.63, 3.8) is 0 Å². The van der Waals surface area contributed by atoms with Crippen LogP contribution in [-0.2, 0) is 4.79 Å². The fourth-order valence-electron chi connectivity index (χ4n) is 1.60. The third-order valence-corrected chi connectivity index (χ3v) is 2.59. The normalized spacial score (nSPS) is 20.4. The SMILES string of the molecule is CCN1CCN(CCC(N)=O)CC1. The summed E-state index contributed by atoms with van der Waals surface area (Å²) in [7, 11) is 0. The van der Waals surface area contributed by atoms with Gasteiger partial charge in [0.1, 0.15) is 0 Å². The Morgan fingerprint density at radius 1 is 1.23 bits per heavy atom. The molecule has 0 unspecified atom stereocenters. The molecule has 2 N–H and O–H groups in total. The summed E-state index contributed by atoms with van der Waals surface area (Å²) >= 11 is 0. The van der Waals surface area contributed by atoms with Crippen LogP contribution >= 0.6 is 0 Å². The summed E-state index contributed by atoms with van der Waals surface area (Å²) in [5.41, 5.74) is 5.09. The van der Waals surface area contributed by atoms with E-state index in [4.69, 9.17) is 5.73 Å². The number of hydrogen-bond donors (Lipinski definition) is 1. The van der Waals surface area contributed by atoms with Crippen LogP contribution in [0.15, 0.2) is 0 Å². The second-order valence-corrected chi connectivity index (χ2v) is 3.49. The van der Waals surface area contributed by atoms with E-state index in [2.05, 4.69) is 16.7 Å². The molecule has 4 heteroatoms. The Labute approximate surface area is 79.7 Å². The summed E-state index contributed by atoms with van der Waals surface area (Å²) in [5.74, 6) is -0.196. The second kappa shape index (κ2) is 5.19. The Balaban J connectivity index is 2.14. The molecule has 76 valence electrons. The van der Waals surface area contributed by atoms with Gasteiger partial charge in [-0.2, -0.15) is 0 Å². The highest BCUT2D eigenvalue weighted by atomic mass is 16.1. The van der Waals surface area contributed by atoms with Crippen LogP contribution in [0, 0.1) is 0 Å². The van der Waals surface area contributed by atoms with Crippen LogP contribution in [0.4, 0.5) is 0 Å². The quantitative estimate of drug-likeness (QED) is 0.642. The van der Waals surface area contributed by atoms with Crippen molar-refractivity contribution in [2.75, 3.05) is 39.3 Å². The van der Waals surface area contributed by atoms with Crippen LogP contribution in [-0.4, -0.2) is 55.0 Å². The number of rotatable bonds is 4. The molecule has 1 aliphatic rings. The Morgan fingerprint density at radius 2 is 1.77 bits per heavy atom. The molecule has 0 saturated carbocycles. The number of primary amides is 1. The maximum absolute atomic E-state index is 10.5. The van der Waals surface area contributed by atoms with E-state index < -0.39 is 0 Å². The highest BCUT2D eigenvalue weighted by Crippen LogP contribution is 2.01. The average molecular weight is 185 g/mol. The van der Waals surface area contributed by atoms with E-state index in [1.165, 1.54) is 0 Å². The summed E-state index contributed by atoms with van der Waals surface area (Å²) < 4.78 is 0. The maximum Gasteiger partial charge on any atom is 0.218 e. The third kappa shape index (κ3) is 3.74. The fraction of sp³-hybridized carbons (Fsp3) is 0.889. The van der Waals surface area contributed by atoms with Gasteiger partial charge in [0.25, 0.3) is 0 Å². The van der Waals surface area contributed by atoms with E-state index in [0.717, 1.165) is 39.3 Å². The molecule has 0 aromatic rings. The molecule has 4 nitrogen and oxygen atoms in total. The topological polar surface area (TPSA) is 49.6 Å². The lowest BCUT2D eigenvalue weighted by atomic mass is 10.3. The standard InChI is InChI=1S/C9H19N3O/c1-2-11-5-7-12(8-6-11)4-3-9(10)13/h2-8H2,1H3,(H2,10,13). The number of likely N-dealkylation sites (N-methyl/N-ethyl adjacent to an activating group) is 1. The zero-order valence-corrected chi connectivity index (χ0v) is 8.33. The van der Waals surface area contributed by atoms with Gasteiger partial charge in [-0.05, 0) is 6.54 Å². The highest BCUT2D eigenvalue weighted by molar-refractivity contribution is 5.73. The summed E-state index contributed by atoms with van der Waals surface area (Å²) in [6.45, 7) is 8.52. The van der Waals surface area contributed by atoms with Crippen molar-refractivity contribution in [2.24, 2.45) is 5.73 Å². The Morgan fingerprint density at radius 3 is 2.23 bits per heavy atom. The molecule has 0 aromatic carbocycles. The van der Waals surface area contributed by atoms with Crippen molar-refractivity contribution < 1.29 is 4.79 Å². The minimum Gasteiger partial charge on any atom is -0.370 e. The highest BCUT2D eigenvalue weighted by Gasteiger charge is 2.14. The molecular weight excluding hydrogens is 166 g/mol. The van der Waals surface area contributed by atoms with Crippen molar-refractivity contribution in [1.29, 1.82) is 0 Å². The molecule has 0 radical (unpaired) electrons. The first-order valence-corrected chi connectivity index (χ1v) is 4.95. The van der Waals surface area contributed by atoms with E-state index in [0.29, 0.717) is 6.42 Å². The molecule has 0 aliphatic carbocycles. The summed E-state index contributed by atoms with van der Waals surface area (Å²) in [5, 5.41) is 0. The Kier molecular flexibility index (Phi) is 4.18. The number of amides is 1. The van der Waals surface area contributed by atoms with Gasteiger partial charge < -0.3 is 15.5 Å². The van der Waals surface area contributed by atoms with Gasteiger partial charge in [-0.15, -0.1) is 0 Å². The zero-order chi connectivity index (χ0) is 9.68. The Hall–Kier alpha value is -0.610. The van der Waals surface area contributed by atoms with E-state index in [9.17, 15) is 4.79 Å². The lowest BCUT2D eigenvalue weighted by Crippen LogP contribution is -2.46. The van der Waals surface area contributed by atoms with Crippen LogP contribution in [0.3, 0.4) is 0 Å². The van der Waals surface area contributed by atoms with Crippen LogP contribution in [0.2, 0.25) is 0 Å². The summed E-state index contributed by atoms with van der Waals surface area (Å²) in [6.07, 6.45) is 0.492. The van der Waals surface area contributed by atoms with Gasteiger partial charge in [-0.3, -0.25) is 4.79 Å². The molecule has 0 spiro atoms. The van der Waals surface area contributed by atoms with Gasteiger partial charge in [0.15, 0.2) is 0 Å². The molecule has 1 saturated heterocycles. The van der Waals surface area contributed by atoms with Gasteiger partial charge in [0.05, 0.1) is 0 Å². The van der Waals surface area contributed by atoms with E-state index >= 15 is 0 Å². The van der Waals surface area contributed by atoms with Crippen LogP contribution in [0.25, 0.3) is 0 Å². The van der Waals surface area contributed by atoms with Gasteiger partial charge in [-0.25, -0.2) is 0 Å². The van der Waals surface area contributed by atoms with E-state index in [1.807, 2.05) is 0 Å². The number of nitrogens with two attached hydrogens (primary N) is 1. The number of piperazine rings is 1. The molecule has 0 bridgehead atoms. The van der Waals surface area contributed by atoms with Crippen molar-refractivity contribution in [2.45, 2.75) is 13.3 Å². The first-order valence-electron chi connectivity index (χ1n) is 4.95. The molecule has 1 heterocycles. The zero-order valence-electron chi connectivity index (χ0n) is 8.33. The van der Waals surface area contributed by atoms with E-state index in [-0.39, 0.29) is 5.91 Å². The minimum atomic E-state index is -0.196. The number of hydrogen-bond acceptors (Lipinski definition) is 3. The maximum atomic E-state index is 10.5. The van der Waals surface area contributed by atoms with Crippen molar-refractivity contribution in [3.8, 4) is 0 Å². The predicted octanol–water partition coefficient (Wildman–Crippen LogP) is -0.501. The minimum absolute atomic E-state index is 0.196. The summed E-state index contributed by atoms with van der Waals surface area (Å²) in [6, 6.07) is 0. The van der Waals surface area contributed by atoms with Crippen molar-refractivity contribution >= 4 is 5.91 Å². The molecule has 0 aromatic heterocycles. The molecule has 1 aliphatic heterocycles. The summed E-state index contributed by atoms with van der Waals surface area (Å²) in [4.78, 5) is 15.3. The molecular formula is C9H19N3O. The first kappa shape index (κ1) is 10.5. The Bertz CT molecular complexity index is 164. The van der Waals surface area contributed by atoms with Crippen LogP contribution < -0.4 is 5.73 Å². The van der Waals surface area contributed by atoms with Crippen LogP contribution in [0.5, 0.6) is 0 Å². The number of nitrogens with zero attached hydrogens (tertiary/aromatic N) is 2.